The van der Waals surface area contributed by atoms with Gasteiger partial charge in [0.15, 0.2) is 0 Å². The molecule has 0 spiro atoms. The first-order valence-electron chi connectivity index (χ1n) is 9.84. The van der Waals surface area contributed by atoms with E-state index in [0.29, 0.717) is 5.69 Å². The van der Waals surface area contributed by atoms with E-state index in [1.54, 1.807) is 12.3 Å². The van der Waals surface area contributed by atoms with Gasteiger partial charge in [-0.1, -0.05) is 30.3 Å². The molecule has 1 fully saturated rings. The van der Waals surface area contributed by atoms with E-state index in [1.807, 2.05) is 30.3 Å². The van der Waals surface area contributed by atoms with Crippen molar-refractivity contribution in [2.45, 2.75) is 39.3 Å². The molecule has 1 aromatic carbocycles. The van der Waals surface area contributed by atoms with Crippen molar-refractivity contribution in [3.63, 3.8) is 0 Å². The zero-order chi connectivity index (χ0) is 20.2. The van der Waals surface area contributed by atoms with Crippen LogP contribution in [0.4, 0.5) is 0 Å². The van der Waals surface area contributed by atoms with Crippen molar-refractivity contribution in [2.24, 2.45) is 5.10 Å². The van der Waals surface area contributed by atoms with Gasteiger partial charge in [-0.15, -0.1) is 0 Å². The fraction of sp³-hybridized carbons (Fsp3) is 0.318. The largest absolute Gasteiger partial charge is 0.376 e. The van der Waals surface area contributed by atoms with Crippen molar-refractivity contribution in [2.75, 3.05) is 6.61 Å². The topological polar surface area (TPSA) is 84.3 Å². The van der Waals surface area contributed by atoms with E-state index in [1.165, 1.54) is 0 Å². The van der Waals surface area contributed by atoms with Crippen LogP contribution in [0.2, 0.25) is 0 Å². The van der Waals surface area contributed by atoms with E-state index in [2.05, 4.69) is 45.2 Å². The number of hydrogen-bond donors (Lipinski definition) is 2. The zero-order valence-electron chi connectivity index (χ0n) is 16.7. The number of aryl methyl sites for hydroxylation is 1. The smallest absolute Gasteiger partial charge is 0.289 e. The third-order valence-corrected chi connectivity index (χ3v) is 5.28. The number of carbonyl (C=O) groups excluding carboxylic acids is 1. The number of rotatable bonds is 6. The molecule has 0 radical (unpaired) electrons. The maximum Gasteiger partial charge on any atom is 0.289 e. The first kappa shape index (κ1) is 19.1. The number of benzene rings is 1. The van der Waals surface area contributed by atoms with Gasteiger partial charge in [0, 0.05) is 35.7 Å². The summed E-state index contributed by atoms with van der Waals surface area (Å²) < 4.78 is 8.00. The molecule has 2 N–H and O–H groups in total. The Morgan fingerprint density at radius 2 is 2.17 bits per heavy atom. The Hall–Kier alpha value is -3.19. The SMILES string of the molecule is Cc1cc(/C=N\NC(=O)c2cc(-c3ccccc3)n[nH]2)c(C)n1C[C@@H]1CCCO1. The van der Waals surface area contributed by atoms with Crippen molar-refractivity contribution >= 4 is 12.1 Å². The molecule has 3 aromatic rings. The normalized spacial score (nSPS) is 16.6. The van der Waals surface area contributed by atoms with Crippen LogP contribution in [0.25, 0.3) is 11.3 Å². The summed E-state index contributed by atoms with van der Waals surface area (Å²) in [4.78, 5) is 12.3. The third-order valence-electron chi connectivity index (χ3n) is 5.28. The van der Waals surface area contributed by atoms with Crippen LogP contribution in [0.15, 0.2) is 47.6 Å². The summed E-state index contributed by atoms with van der Waals surface area (Å²) in [6, 6.07) is 13.5. The molecule has 0 aliphatic carbocycles. The van der Waals surface area contributed by atoms with Crippen molar-refractivity contribution in [1.82, 2.24) is 20.2 Å². The molecule has 0 unspecified atom stereocenters. The molecule has 1 atom stereocenters. The molecule has 150 valence electrons. The number of carbonyl (C=O) groups is 1. The first-order chi connectivity index (χ1) is 14.1. The van der Waals surface area contributed by atoms with Gasteiger partial charge in [0.25, 0.3) is 5.91 Å². The molecule has 7 nitrogen and oxygen atoms in total. The summed E-state index contributed by atoms with van der Waals surface area (Å²) >= 11 is 0. The maximum atomic E-state index is 12.3. The van der Waals surface area contributed by atoms with Gasteiger partial charge >= 0.3 is 0 Å². The van der Waals surface area contributed by atoms with Crippen LogP contribution in [0.3, 0.4) is 0 Å². The maximum absolute atomic E-state index is 12.3. The summed E-state index contributed by atoms with van der Waals surface area (Å²) in [5, 5.41) is 11.1. The minimum atomic E-state index is -0.330. The number of aromatic nitrogens is 3. The first-order valence-corrected chi connectivity index (χ1v) is 9.84. The van der Waals surface area contributed by atoms with E-state index in [4.69, 9.17) is 4.74 Å². The van der Waals surface area contributed by atoms with Crippen molar-refractivity contribution < 1.29 is 9.53 Å². The fourth-order valence-corrected chi connectivity index (χ4v) is 3.65. The van der Waals surface area contributed by atoms with Gasteiger partial charge in [-0.2, -0.15) is 10.2 Å². The Kier molecular flexibility index (Phi) is 5.57. The lowest BCUT2D eigenvalue weighted by Crippen LogP contribution is -2.18. The van der Waals surface area contributed by atoms with Crippen LogP contribution >= 0.6 is 0 Å². The highest BCUT2D eigenvalue weighted by molar-refractivity contribution is 5.94. The van der Waals surface area contributed by atoms with Crippen molar-refractivity contribution in [1.29, 1.82) is 0 Å². The van der Waals surface area contributed by atoms with Gasteiger partial charge in [0.2, 0.25) is 0 Å². The van der Waals surface area contributed by atoms with E-state index in [-0.39, 0.29) is 12.0 Å². The molecule has 2 aromatic heterocycles. The number of H-pyrrole nitrogens is 1. The van der Waals surface area contributed by atoms with Crippen LogP contribution in [0, 0.1) is 13.8 Å². The van der Waals surface area contributed by atoms with Gasteiger partial charge < -0.3 is 9.30 Å². The molecule has 1 aliphatic heterocycles. The third kappa shape index (κ3) is 4.30. The molecule has 1 saturated heterocycles. The van der Waals surface area contributed by atoms with Crippen LogP contribution < -0.4 is 5.43 Å². The predicted molar refractivity (Wildman–Crippen MR) is 112 cm³/mol. The molecule has 4 rings (SSSR count). The van der Waals surface area contributed by atoms with Crippen molar-refractivity contribution in [3.05, 3.63) is 65.1 Å². The van der Waals surface area contributed by atoms with Crippen LogP contribution in [0.1, 0.15) is 40.3 Å². The number of ether oxygens (including phenoxy) is 1. The predicted octanol–water partition coefficient (Wildman–Crippen LogP) is 3.44. The van der Waals surface area contributed by atoms with Gasteiger partial charge in [-0.3, -0.25) is 9.89 Å². The average Bonchev–Trinajstić information content (AvgIpc) is 3.47. The van der Waals surface area contributed by atoms with Crippen LogP contribution in [-0.2, 0) is 11.3 Å². The highest BCUT2D eigenvalue weighted by Crippen LogP contribution is 2.20. The quantitative estimate of drug-likeness (QED) is 0.499. The van der Waals surface area contributed by atoms with Gasteiger partial charge in [-0.05, 0) is 38.8 Å². The number of nitrogens with one attached hydrogen (secondary N) is 2. The van der Waals surface area contributed by atoms with E-state index in [0.717, 1.165) is 54.2 Å². The van der Waals surface area contributed by atoms with Crippen LogP contribution in [0.5, 0.6) is 0 Å². The molecule has 1 aliphatic rings. The minimum absolute atomic E-state index is 0.281. The number of aromatic amines is 1. The summed E-state index contributed by atoms with van der Waals surface area (Å²) in [7, 11) is 0. The Labute approximate surface area is 169 Å². The molecule has 0 bridgehead atoms. The summed E-state index contributed by atoms with van der Waals surface area (Å²) in [6.07, 6.45) is 4.19. The molecule has 29 heavy (non-hydrogen) atoms. The zero-order valence-corrected chi connectivity index (χ0v) is 16.7. The Morgan fingerprint density at radius 3 is 2.93 bits per heavy atom. The number of hydrogen-bond acceptors (Lipinski definition) is 4. The number of amides is 1. The summed E-state index contributed by atoms with van der Waals surface area (Å²) in [5.74, 6) is -0.330. The second-order valence-corrected chi connectivity index (χ2v) is 7.30. The molecule has 7 heteroatoms. The minimum Gasteiger partial charge on any atom is -0.376 e. The lowest BCUT2D eigenvalue weighted by Gasteiger charge is -2.14. The van der Waals surface area contributed by atoms with E-state index in [9.17, 15) is 4.79 Å². The second-order valence-electron chi connectivity index (χ2n) is 7.30. The number of hydrazone groups is 1. The number of nitrogens with zero attached hydrogens (tertiary/aromatic N) is 3. The lowest BCUT2D eigenvalue weighted by molar-refractivity contribution is 0.0949. The molecule has 0 saturated carbocycles. The average molecular weight is 391 g/mol. The van der Waals surface area contributed by atoms with Gasteiger partial charge in [-0.25, -0.2) is 5.43 Å². The summed E-state index contributed by atoms with van der Waals surface area (Å²) in [6.45, 7) is 5.85. The standard InChI is InChI=1S/C22H25N5O2/c1-15-11-18(16(2)27(15)14-19-9-6-10-29-19)13-23-26-22(28)21-12-20(24-25-21)17-7-4-3-5-8-17/h3-5,7-8,11-13,19H,6,9-10,14H2,1-2H3,(H,24,25)(H,26,28)/b23-13-/t19-/m0/s1. The van der Waals surface area contributed by atoms with E-state index < -0.39 is 0 Å². The lowest BCUT2D eigenvalue weighted by atomic mass is 10.1. The van der Waals surface area contributed by atoms with E-state index >= 15 is 0 Å². The summed E-state index contributed by atoms with van der Waals surface area (Å²) in [5.41, 5.74) is 7.86. The highest BCUT2D eigenvalue weighted by Gasteiger charge is 2.18. The molecule has 3 heterocycles. The Bertz CT molecular complexity index is 1010. The molecular weight excluding hydrogens is 366 g/mol. The van der Waals surface area contributed by atoms with Gasteiger partial charge in [0.05, 0.1) is 18.0 Å². The Balaban J connectivity index is 1.40. The molecule has 1 amide bonds. The highest BCUT2D eigenvalue weighted by atomic mass is 16.5. The van der Waals surface area contributed by atoms with Gasteiger partial charge in [0.1, 0.15) is 5.69 Å². The monoisotopic (exact) mass is 391 g/mol. The second kappa shape index (κ2) is 8.45. The van der Waals surface area contributed by atoms with Crippen molar-refractivity contribution in [3.8, 4) is 11.3 Å². The fourth-order valence-electron chi connectivity index (χ4n) is 3.65. The Morgan fingerprint density at radius 1 is 1.34 bits per heavy atom. The van der Waals surface area contributed by atoms with Crippen LogP contribution in [-0.4, -0.2) is 39.6 Å². The molecular formula is C22H25N5O2.